The summed E-state index contributed by atoms with van der Waals surface area (Å²) < 4.78 is 101. The van der Waals surface area contributed by atoms with E-state index in [9.17, 15) is 39.9 Å². The highest BCUT2D eigenvalue weighted by molar-refractivity contribution is 5.94. The minimum Gasteiger partial charge on any atom is -0.374 e. The van der Waals surface area contributed by atoms with E-state index in [0.29, 0.717) is 11.8 Å². The first-order valence-corrected chi connectivity index (χ1v) is 5.19. The van der Waals surface area contributed by atoms with Crippen LogP contribution in [-0.2, 0) is 4.79 Å². The molecule has 0 aromatic carbocycles. The van der Waals surface area contributed by atoms with Crippen molar-refractivity contribution in [2.45, 2.75) is 25.2 Å². The zero-order valence-corrected chi connectivity index (χ0v) is 11.1. The molecule has 0 atom stereocenters. The molecule has 0 spiro atoms. The van der Waals surface area contributed by atoms with Gasteiger partial charge in [-0.1, -0.05) is 6.58 Å². The number of rotatable bonds is 4. The van der Waals surface area contributed by atoms with E-state index in [1.54, 1.807) is 0 Å². The molecule has 0 aliphatic carbocycles. The summed E-state index contributed by atoms with van der Waals surface area (Å²) in [5, 5.41) is 0. The van der Waals surface area contributed by atoms with E-state index in [4.69, 9.17) is 0 Å². The van der Waals surface area contributed by atoms with E-state index < -0.39 is 40.9 Å². The van der Waals surface area contributed by atoms with Gasteiger partial charge >= 0.3 is 18.3 Å². The highest BCUT2D eigenvalue weighted by atomic mass is 19.4. The van der Waals surface area contributed by atoms with Crippen LogP contribution in [0.4, 0.5) is 35.1 Å². The number of Topliss-reactive ketones (excluding diaryl/α,β-unsaturated/α-hetero) is 1. The van der Waals surface area contributed by atoms with Gasteiger partial charge in [0.05, 0.1) is 11.3 Å². The molecule has 0 aliphatic heterocycles. The molecule has 0 N–H and O–H groups in total. The monoisotopic (exact) mass is 325 g/mol. The molecule has 0 amide bonds. The molecule has 21 heavy (non-hydrogen) atoms. The van der Waals surface area contributed by atoms with Gasteiger partial charge < -0.3 is 4.90 Å². The molecule has 0 rings (SSSR count). The first kappa shape index (κ1) is 19.4. The Labute approximate surface area is 114 Å². The highest BCUT2D eigenvalue weighted by Crippen LogP contribution is 2.47. The Balaban J connectivity index is 6.44. The summed E-state index contributed by atoms with van der Waals surface area (Å²) in [5.74, 6) is -7.15. The van der Waals surface area contributed by atoms with Crippen LogP contribution in [0.25, 0.3) is 0 Å². The van der Waals surface area contributed by atoms with Crippen molar-refractivity contribution < 1.29 is 39.9 Å². The third-order valence-electron chi connectivity index (χ3n) is 2.34. The third-order valence-corrected chi connectivity index (χ3v) is 2.34. The van der Waals surface area contributed by atoms with Crippen LogP contribution < -0.4 is 0 Å². The van der Waals surface area contributed by atoms with E-state index in [-0.39, 0.29) is 0 Å². The lowest BCUT2D eigenvalue weighted by Crippen LogP contribution is -2.41. The van der Waals surface area contributed by atoms with Gasteiger partial charge in [0.2, 0.25) is 0 Å². The molecule has 122 valence electrons. The Morgan fingerprint density at radius 2 is 1.33 bits per heavy atom. The zero-order valence-electron chi connectivity index (χ0n) is 11.1. The number of carbonyl (C=O) groups is 1. The third kappa shape index (κ3) is 3.94. The summed E-state index contributed by atoms with van der Waals surface area (Å²) >= 11 is 0. The van der Waals surface area contributed by atoms with Gasteiger partial charge in [-0.15, -0.1) is 0 Å². The summed E-state index contributed by atoms with van der Waals surface area (Å²) in [5.41, 5.74) is -6.26. The molecule has 0 fully saturated rings. The Bertz CT molecular complexity index is 470. The van der Waals surface area contributed by atoms with Crippen LogP contribution in [-0.4, -0.2) is 43.1 Å². The van der Waals surface area contributed by atoms with Gasteiger partial charge in [-0.25, -0.2) is 0 Å². The molecule has 10 heteroatoms. The molecule has 0 aromatic rings. The molecular formula is C11H11F8NO. The molecule has 0 heterocycles. The normalized spacial score (nSPS) is 14.6. The van der Waals surface area contributed by atoms with Crippen molar-refractivity contribution in [3.8, 4) is 0 Å². The van der Waals surface area contributed by atoms with Crippen LogP contribution in [0.5, 0.6) is 0 Å². The lowest BCUT2D eigenvalue weighted by Gasteiger charge is -2.28. The fourth-order valence-corrected chi connectivity index (χ4v) is 1.49. The van der Waals surface area contributed by atoms with Gasteiger partial charge in [-0.3, -0.25) is 4.79 Å². The van der Waals surface area contributed by atoms with Crippen molar-refractivity contribution in [3.63, 3.8) is 0 Å². The molecule has 0 aromatic heterocycles. The van der Waals surface area contributed by atoms with Crippen LogP contribution in [0.3, 0.4) is 0 Å². The average molecular weight is 325 g/mol. The number of likely N-dealkylation sites (N-methyl/N-ethyl adjacent to an activating group) is 1. The second kappa shape index (κ2) is 5.64. The molecule has 0 unspecified atom stereocenters. The Morgan fingerprint density at radius 1 is 0.952 bits per heavy atom. The van der Waals surface area contributed by atoms with Gasteiger partial charge in [0, 0.05) is 26.6 Å². The molecule has 2 nitrogen and oxygen atoms in total. The number of hydrogen-bond acceptors (Lipinski definition) is 2. The topological polar surface area (TPSA) is 20.3 Å². The number of carbonyl (C=O) groups excluding carboxylic acids is 1. The SMILES string of the molecule is C=C(/C(=C(/C(C)=O)N(C)C)C(F)(F)F)C(F)(F)C(F)(F)F. The van der Waals surface area contributed by atoms with Gasteiger partial charge in [-0.2, -0.15) is 35.1 Å². The van der Waals surface area contributed by atoms with Gasteiger partial charge in [0.1, 0.15) is 0 Å². The van der Waals surface area contributed by atoms with Crippen molar-refractivity contribution in [1.82, 2.24) is 4.90 Å². The molecule has 0 bridgehead atoms. The summed E-state index contributed by atoms with van der Waals surface area (Å²) in [7, 11) is 1.81. The largest absolute Gasteiger partial charge is 0.458 e. The van der Waals surface area contributed by atoms with E-state index >= 15 is 0 Å². The van der Waals surface area contributed by atoms with Crippen molar-refractivity contribution in [1.29, 1.82) is 0 Å². The average Bonchev–Trinajstić information content (AvgIpc) is 2.19. The molecule has 0 aliphatic rings. The molecular weight excluding hydrogens is 314 g/mol. The first-order valence-electron chi connectivity index (χ1n) is 5.19. The van der Waals surface area contributed by atoms with E-state index in [1.807, 2.05) is 0 Å². The lowest BCUT2D eigenvalue weighted by molar-refractivity contribution is -0.264. The first-order chi connectivity index (χ1) is 9.05. The van der Waals surface area contributed by atoms with Crippen molar-refractivity contribution in [2.24, 2.45) is 0 Å². The maximum Gasteiger partial charge on any atom is 0.458 e. The van der Waals surface area contributed by atoms with Crippen molar-refractivity contribution in [3.05, 3.63) is 23.4 Å². The zero-order chi connectivity index (χ0) is 17.4. The standard InChI is InChI=1S/C11H11F8NO/c1-5(9(12,13)11(17,18)19)7(10(14,15)16)8(6(2)21)20(3)4/h1H2,2-4H3/b8-7+. The predicted octanol–water partition coefficient (Wildman–Crippen LogP) is 3.71. The fourth-order valence-electron chi connectivity index (χ4n) is 1.49. The van der Waals surface area contributed by atoms with Crippen LogP contribution in [0, 0.1) is 0 Å². The number of nitrogens with zero attached hydrogens (tertiary/aromatic N) is 1. The maximum atomic E-state index is 13.1. The van der Waals surface area contributed by atoms with E-state index in [0.717, 1.165) is 14.1 Å². The van der Waals surface area contributed by atoms with Gasteiger partial charge in [-0.05, 0) is 0 Å². The molecule has 0 radical (unpaired) electrons. The summed E-state index contributed by atoms with van der Waals surface area (Å²) in [6.07, 6.45) is -11.9. The Morgan fingerprint density at radius 3 is 1.52 bits per heavy atom. The summed E-state index contributed by atoms with van der Waals surface area (Å²) in [4.78, 5) is 11.7. The van der Waals surface area contributed by atoms with Crippen LogP contribution in [0.2, 0.25) is 0 Å². The Hall–Kier alpha value is -1.61. The van der Waals surface area contributed by atoms with Gasteiger partial charge in [0.25, 0.3) is 0 Å². The maximum absolute atomic E-state index is 13.1. The number of hydrogen-bond donors (Lipinski definition) is 0. The molecule has 0 saturated carbocycles. The number of halogens is 8. The minimum absolute atomic E-state index is 0.503. The Kier molecular flexibility index (Phi) is 5.21. The molecule has 0 saturated heterocycles. The summed E-state index contributed by atoms with van der Waals surface area (Å²) in [6.45, 7) is 2.83. The number of allylic oxidation sites excluding steroid dienone is 3. The van der Waals surface area contributed by atoms with Crippen molar-refractivity contribution in [2.75, 3.05) is 14.1 Å². The van der Waals surface area contributed by atoms with E-state index in [2.05, 4.69) is 6.58 Å². The lowest BCUT2D eigenvalue weighted by atomic mass is 9.96. The number of alkyl halides is 8. The predicted molar refractivity (Wildman–Crippen MR) is 57.6 cm³/mol. The second-order valence-corrected chi connectivity index (χ2v) is 4.22. The smallest absolute Gasteiger partial charge is 0.374 e. The van der Waals surface area contributed by atoms with Crippen LogP contribution in [0.15, 0.2) is 23.4 Å². The number of ketones is 1. The van der Waals surface area contributed by atoms with Gasteiger partial charge in [0.15, 0.2) is 5.78 Å². The quantitative estimate of drug-likeness (QED) is 0.446. The van der Waals surface area contributed by atoms with Crippen LogP contribution >= 0.6 is 0 Å². The summed E-state index contributed by atoms with van der Waals surface area (Å²) in [6, 6.07) is 0. The van der Waals surface area contributed by atoms with Crippen molar-refractivity contribution >= 4 is 5.78 Å². The second-order valence-electron chi connectivity index (χ2n) is 4.22. The highest BCUT2D eigenvalue weighted by Gasteiger charge is 2.63. The fraction of sp³-hybridized carbons (Fsp3) is 0.545. The van der Waals surface area contributed by atoms with Crippen LogP contribution in [0.1, 0.15) is 6.92 Å². The van der Waals surface area contributed by atoms with E-state index in [1.165, 1.54) is 0 Å². The minimum atomic E-state index is -6.27.